The second kappa shape index (κ2) is 9.95. The molecule has 158 valence electrons. The van der Waals surface area contributed by atoms with E-state index in [1.165, 1.54) is 19.2 Å². The number of halogens is 4. The lowest BCUT2D eigenvalue weighted by Crippen LogP contribution is -2.37. The fourth-order valence-corrected chi connectivity index (χ4v) is 3.67. The van der Waals surface area contributed by atoms with Gasteiger partial charge in [0.2, 0.25) is 0 Å². The van der Waals surface area contributed by atoms with Crippen LogP contribution in [0.15, 0.2) is 47.4 Å². The zero-order valence-corrected chi connectivity index (χ0v) is 16.8. The number of nitrogens with one attached hydrogen (secondary N) is 1. The Morgan fingerprint density at radius 3 is 2.45 bits per heavy atom. The van der Waals surface area contributed by atoms with Crippen molar-refractivity contribution in [3.8, 4) is 0 Å². The summed E-state index contributed by atoms with van der Waals surface area (Å²) in [5.74, 6) is -1.34. The number of nitrogens with zero attached hydrogens (tertiary/aromatic N) is 1. The maximum Gasteiger partial charge on any atom is 0.261 e. The number of anilines is 1. The molecule has 2 rings (SSSR count). The molecule has 0 radical (unpaired) electrons. The van der Waals surface area contributed by atoms with Gasteiger partial charge in [-0.05, 0) is 42.5 Å². The smallest absolute Gasteiger partial charge is 0.261 e. The molecule has 1 N–H and O–H groups in total. The third-order valence-electron chi connectivity index (χ3n) is 3.79. The number of rotatable bonds is 9. The molecule has 0 aliphatic rings. The number of alkyl halides is 2. The number of amides is 1. The fourth-order valence-electron chi connectivity index (χ4n) is 2.38. The molecule has 0 heterocycles. The minimum absolute atomic E-state index is 0.00969. The molecule has 2 aromatic rings. The molecule has 0 bridgehead atoms. The van der Waals surface area contributed by atoms with Crippen molar-refractivity contribution >= 4 is 33.2 Å². The lowest BCUT2D eigenvalue weighted by molar-refractivity contribution is 0.0478. The van der Waals surface area contributed by atoms with E-state index >= 15 is 0 Å². The quantitative estimate of drug-likeness (QED) is 0.633. The van der Waals surface area contributed by atoms with Crippen molar-refractivity contribution in [3.05, 3.63) is 58.9 Å². The first kappa shape index (κ1) is 23.0. The van der Waals surface area contributed by atoms with Crippen LogP contribution in [-0.4, -0.2) is 52.5 Å². The Hall–Kier alpha value is -2.30. The summed E-state index contributed by atoms with van der Waals surface area (Å²) in [5, 5.41) is -0.00969. The first-order valence-corrected chi connectivity index (χ1v) is 10.1. The number of hydrogen-bond donors (Lipinski definition) is 1. The SMILES string of the molecule is COCCN(CC(F)F)C(=O)c1ccc(Cl)c(NS(=O)(=O)c2ccc(F)cc2)c1. The van der Waals surface area contributed by atoms with E-state index in [9.17, 15) is 26.4 Å². The highest BCUT2D eigenvalue weighted by atomic mass is 35.5. The highest BCUT2D eigenvalue weighted by molar-refractivity contribution is 7.92. The first-order valence-electron chi connectivity index (χ1n) is 8.28. The number of methoxy groups -OCH3 is 1. The zero-order valence-electron chi connectivity index (χ0n) is 15.2. The van der Waals surface area contributed by atoms with E-state index in [1.54, 1.807) is 0 Å². The molecule has 0 saturated heterocycles. The Kier molecular flexibility index (Phi) is 7.88. The molecule has 1 amide bonds. The molecule has 0 fully saturated rings. The summed E-state index contributed by atoms with van der Waals surface area (Å²) in [7, 11) is -2.74. The van der Waals surface area contributed by atoms with Gasteiger partial charge in [-0.25, -0.2) is 21.6 Å². The molecule has 11 heteroatoms. The standard InChI is InChI=1S/C18H18ClF3N2O4S/c1-28-9-8-24(11-17(21)22)18(25)12-2-7-15(19)16(10-12)23-29(26,27)14-5-3-13(20)4-6-14/h2-7,10,17,23H,8-9,11H2,1H3. The Morgan fingerprint density at radius 1 is 1.21 bits per heavy atom. The van der Waals surface area contributed by atoms with E-state index in [2.05, 4.69) is 4.72 Å². The van der Waals surface area contributed by atoms with Crippen LogP contribution in [0.25, 0.3) is 0 Å². The topological polar surface area (TPSA) is 75.7 Å². The van der Waals surface area contributed by atoms with Gasteiger partial charge in [-0.2, -0.15) is 0 Å². The number of sulfonamides is 1. The van der Waals surface area contributed by atoms with Crippen LogP contribution in [0.3, 0.4) is 0 Å². The maximum absolute atomic E-state index is 13.0. The van der Waals surface area contributed by atoms with Gasteiger partial charge in [-0.15, -0.1) is 0 Å². The Balaban J connectivity index is 2.30. The van der Waals surface area contributed by atoms with E-state index < -0.39 is 34.7 Å². The number of carbonyl (C=O) groups is 1. The van der Waals surface area contributed by atoms with Crippen molar-refractivity contribution in [3.63, 3.8) is 0 Å². The van der Waals surface area contributed by atoms with Crippen LogP contribution >= 0.6 is 11.6 Å². The van der Waals surface area contributed by atoms with Gasteiger partial charge < -0.3 is 9.64 Å². The van der Waals surface area contributed by atoms with Gasteiger partial charge in [0.05, 0.1) is 28.8 Å². The summed E-state index contributed by atoms with van der Waals surface area (Å²) >= 11 is 6.02. The van der Waals surface area contributed by atoms with E-state index in [0.717, 1.165) is 35.2 Å². The highest BCUT2D eigenvalue weighted by Crippen LogP contribution is 2.26. The molecule has 0 aliphatic carbocycles. The highest BCUT2D eigenvalue weighted by Gasteiger charge is 2.22. The van der Waals surface area contributed by atoms with Crippen LogP contribution in [-0.2, 0) is 14.8 Å². The molecular weight excluding hydrogens is 433 g/mol. The van der Waals surface area contributed by atoms with E-state index in [-0.39, 0.29) is 34.3 Å². The van der Waals surface area contributed by atoms with Crippen LogP contribution in [0.4, 0.5) is 18.9 Å². The third-order valence-corrected chi connectivity index (χ3v) is 5.50. The van der Waals surface area contributed by atoms with Crippen molar-refractivity contribution in [2.24, 2.45) is 0 Å². The fraction of sp³-hybridized carbons (Fsp3) is 0.278. The van der Waals surface area contributed by atoms with Crippen molar-refractivity contribution in [2.45, 2.75) is 11.3 Å². The molecule has 6 nitrogen and oxygen atoms in total. The third kappa shape index (κ3) is 6.34. The number of hydrogen-bond acceptors (Lipinski definition) is 4. The second-order valence-corrected chi connectivity index (χ2v) is 7.98. The van der Waals surface area contributed by atoms with E-state index in [0.29, 0.717) is 0 Å². The van der Waals surface area contributed by atoms with Crippen LogP contribution in [0.1, 0.15) is 10.4 Å². The zero-order chi connectivity index (χ0) is 21.6. The average molecular weight is 451 g/mol. The van der Waals surface area contributed by atoms with E-state index in [4.69, 9.17) is 16.3 Å². The summed E-state index contributed by atoms with van der Waals surface area (Å²) in [4.78, 5) is 13.3. The van der Waals surface area contributed by atoms with Crippen molar-refractivity contribution in [2.75, 3.05) is 31.5 Å². The lowest BCUT2D eigenvalue weighted by atomic mass is 10.1. The number of carbonyl (C=O) groups excluding carboxylic acids is 1. The van der Waals surface area contributed by atoms with Gasteiger partial charge in [0.25, 0.3) is 22.4 Å². The first-order chi connectivity index (χ1) is 13.6. The Bertz CT molecular complexity index is 956. The number of benzene rings is 2. The van der Waals surface area contributed by atoms with Gasteiger partial charge in [-0.3, -0.25) is 9.52 Å². The van der Waals surface area contributed by atoms with Gasteiger partial charge in [-0.1, -0.05) is 11.6 Å². The monoisotopic (exact) mass is 450 g/mol. The molecule has 0 saturated carbocycles. The van der Waals surface area contributed by atoms with Crippen LogP contribution < -0.4 is 4.72 Å². The summed E-state index contributed by atoms with van der Waals surface area (Å²) in [6, 6.07) is 7.81. The lowest BCUT2D eigenvalue weighted by Gasteiger charge is -2.22. The van der Waals surface area contributed by atoms with Gasteiger partial charge in [0.1, 0.15) is 5.82 Å². The van der Waals surface area contributed by atoms with Gasteiger partial charge >= 0.3 is 0 Å². The molecular formula is C18H18ClF3N2O4S. The minimum Gasteiger partial charge on any atom is -0.383 e. The predicted molar refractivity (Wildman–Crippen MR) is 102 cm³/mol. The van der Waals surface area contributed by atoms with Gasteiger partial charge in [0.15, 0.2) is 0 Å². The van der Waals surface area contributed by atoms with Crippen LogP contribution in [0.5, 0.6) is 0 Å². The molecule has 29 heavy (non-hydrogen) atoms. The minimum atomic E-state index is -4.11. The summed E-state index contributed by atoms with van der Waals surface area (Å²) in [5.41, 5.74) is -0.159. The summed E-state index contributed by atoms with van der Waals surface area (Å²) in [6.45, 7) is -0.823. The largest absolute Gasteiger partial charge is 0.383 e. The summed E-state index contributed by atoms with van der Waals surface area (Å²) in [6.07, 6.45) is -2.75. The average Bonchev–Trinajstić information content (AvgIpc) is 2.66. The van der Waals surface area contributed by atoms with Gasteiger partial charge in [0, 0.05) is 19.2 Å². The molecule has 0 aromatic heterocycles. The normalized spacial score (nSPS) is 11.5. The van der Waals surface area contributed by atoms with Crippen LogP contribution in [0, 0.1) is 5.82 Å². The predicted octanol–water partition coefficient (Wildman–Crippen LogP) is 3.63. The molecule has 0 spiro atoms. The van der Waals surface area contributed by atoms with Crippen molar-refractivity contribution in [1.82, 2.24) is 4.90 Å². The molecule has 0 aliphatic heterocycles. The Labute approximate surface area is 171 Å². The van der Waals surface area contributed by atoms with E-state index in [1.807, 2.05) is 0 Å². The second-order valence-electron chi connectivity index (χ2n) is 5.89. The molecule has 0 atom stereocenters. The van der Waals surface area contributed by atoms with Crippen molar-refractivity contribution < 1.29 is 31.1 Å². The van der Waals surface area contributed by atoms with Crippen LogP contribution in [0.2, 0.25) is 5.02 Å². The summed E-state index contributed by atoms with van der Waals surface area (Å²) < 4.78 is 70.6. The molecule has 2 aromatic carbocycles. The molecule has 0 unspecified atom stereocenters. The Morgan fingerprint density at radius 2 is 1.86 bits per heavy atom. The van der Waals surface area contributed by atoms with Crippen molar-refractivity contribution in [1.29, 1.82) is 0 Å². The maximum atomic E-state index is 13.0. The number of ether oxygens (including phenoxy) is 1.